The van der Waals surface area contributed by atoms with Crippen LogP contribution in [0.2, 0.25) is 22.2 Å². The van der Waals surface area contributed by atoms with Crippen molar-refractivity contribution in [3.05, 3.63) is 25.3 Å². The van der Waals surface area contributed by atoms with E-state index in [9.17, 15) is 10.2 Å². The van der Waals surface area contributed by atoms with Gasteiger partial charge in [0.1, 0.15) is 59.3 Å². The maximum atomic E-state index is 10.5. The first kappa shape index (κ1) is 42.5. The first-order chi connectivity index (χ1) is 28.2. The van der Waals surface area contributed by atoms with E-state index in [0.29, 0.717) is 54.4 Å². The number of aromatic nitrogens is 8. The van der Waals surface area contributed by atoms with E-state index in [1.807, 2.05) is 4.57 Å². The summed E-state index contributed by atoms with van der Waals surface area (Å²) in [4.78, 5) is 25.5. The van der Waals surface area contributed by atoms with Crippen molar-refractivity contribution in [2.45, 2.75) is 151 Å². The van der Waals surface area contributed by atoms with Crippen molar-refractivity contribution < 1.29 is 42.1 Å². The Labute approximate surface area is 346 Å². The minimum Gasteiger partial charge on any atom is -0.414 e. The first-order valence-electron chi connectivity index (χ1n) is 20.9. The maximum Gasteiger partial charge on any atom is 0.335 e. The molecule has 0 aromatic carbocycles. The summed E-state index contributed by atoms with van der Waals surface area (Å²) in [6, 6.07) is 0. The van der Waals surface area contributed by atoms with Gasteiger partial charge in [-0.25, -0.2) is 29.9 Å². The topological polar surface area (TPSA) is 244 Å². The van der Waals surface area contributed by atoms with Crippen LogP contribution in [-0.4, -0.2) is 128 Å². The second-order valence-corrected chi connectivity index (χ2v) is 26.5. The number of aliphatic hydroxyl groups is 2. The molecule has 5 fully saturated rings. The van der Waals surface area contributed by atoms with Crippen molar-refractivity contribution in [3.63, 3.8) is 0 Å². The molecular formula is C38H60N10O9Si2. The third-order valence-electron chi connectivity index (χ3n) is 13.1. The smallest absolute Gasteiger partial charge is 0.335 e. The Bertz CT molecular complexity index is 2090. The van der Waals surface area contributed by atoms with Gasteiger partial charge in [0.05, 0.1) is 25.9 Å². The highest BCUT2D eigenvalue weighted by Gasteiger charge is 2.67. The van der Waals surface area contributed by atoms with Gasteiger partial charge in [0.25, 0.3) is 0 Å². The number of hydrogen-bond acceptors (Lipinski definition) is 17. The molecule has 59 heavy (non-hydrogen) atoms. The number of ether oxygens (including phenoxy) is 4. The number of fused-ring (bicyclic) bond motifs is 4. The predicted molar refractivity (Wildman–Crippen MR) is 220 cm³/mol. The monoisotopic (exact) mass is 856 g/mol. The van der Waals surface area contributed by atoms with Gasteiger partial charge in [-0.05, 0) is 47.8 Å². The Morgan fingerprint density at radius 2 is 1.24 bits per heavy atom. The fourth-order valence-electron chi connectivity index (χ4n) is 10.1. The van der Waals surface area contributed by atoms with E-state index in [4.69, 9.17) is 43.4 Å². The van der Waals surface area contributed by atoms with Crippen molar-refractivity contribution in [3.8, 4) is 0 Å². The molecule has 9 rings (SSSR count). The first-order valence-corrected chi connectivity index (χ1v) is 24.9. The van der Waals surface area contributed by atoms with Crippen LogP contribution in [0.5, 0.6) is 0 Å². The number of imidazole rings is 2. The molecule has 0 aliphatic carbocycles. The molecule has 4 aromatic heterocycles. The van der Waals surface area contributed by atoms with Crippen LogP contribution in [-0.2, 0) is 31.9 Å². The lowest BCUT2D eigenvalue weighted by Crippen LogP contribution is -2.67. The summed E-state index contributed by atoms with van der Waals surface area (Å²) in [5.41, 5.74) is 13.5. The Hall–Kier alpha value is -3.23. The van der Waals surface area contributed by atoms with Crippen LogP contribution in [0.25, 0.3) is 22.3 Å². The van der Waals surface area contributed by atoms with Gasteiger partial charge in [-0.3, -0.25) is 9.13 Å². The summed E-state index contributed by atoms with van der Waals surface area (Å²) in [5.74, 6) is 0.625. The molecule has 0 unspecified atom stereocenters. The van der Waals surface area contributed by atoms with Crippen molar-refractivity contribution >= 4 is 51.1 Å². The molecule has 2 spiro atoms. The summed E-state index contributed by atoms with van der Waals surface area (Å²) in [5, 5.41) is 20.0. The van der Waals surface area contributed by atoms with Crippen LogP contribution in [0.15, 0.2) is 25.3 Å². The molecular weight excluding hydrogens is 797 g/mol. The molecule has 0 saturated carbocycles. The largest absolute Gasteiger partial charge is 0.414 e. The zero-order valence-corrected chi connectivity index (χ0v) is 37.2. The molecule has 5 aliphatic heterocycles. The van der Waals surface area contributed by atoms with Gasteiger partial charge in [0.2, 0.25) is 0 Å². The minimum atomic E-state index is -2.83. The lowest BCUT2D eigenvalue weighted by atomic mass is 9.91. The van der Waals surface area contributed by atoms with E-state index in [-0.39, 0.29) is 46.8 Å². The lowest BCUT2D eigenvalue weighted by Gasteiger charge is -2.52. The number of rotatable bonds is 7. The highest BCUT2D eigenvalue weighted by Crippen LogP contribution is 2.55. The molecule has 19 nitrogen and oxygen atoms in total. The van der Waals surface area contributed by atoms with Gasteiger partial charge in [-0.15, -0.1) is 0 Å². The molecule has 0 amide bonds. The van der Waals surface area contributed by atoms with E-state index in [1.165, 1.54) is 12.7 Å². The van der Waals surface area contributed by atoms with Crippen LogP contribution in [0.3, 0.4) is 0 Å². The van der Waals surface area contributed by atoms with Crippen molar-refractivity contribution in [2.75, 3.05) is 37.9 Å². The molecule has 0 radical (unpaired) electrons. The van der Waals surface area contributed by atoms with Gasteiger partial charge in [0, 0.05) is 13.2 Å². The molecule has 21 heteroatoms. The zero-order valence-electron chi connectivity index (χ0n) is 35.2. The average molecular weight is 857 g/mol. The number of anilines is 2. The average Bonchev–Trinajstić information content (AvgIpc) is 4.06. The van der Waals surface area contributed by atoms with Crippen molar-refractivity contribution in [1.29, 1.82) is 0 Å². The third kappa shape index (κ3) is 6.62. The Kier molecular flexibility index (Phi) is 11.5. The zero-order chi connectivity index (χ0) is 42.1. The Morgan fingerprint density at radius 1 is 0.729 bits per heavy atom. The quantitative estimate of drug-likeness (QED) is 0.192. The summed E-state index contributed by atoms with van der Waals surface area (Å²) >= 11 is 0. The molecule has 6 N–H and O–H groups in total. The normalized spacial score (nSPS) is 32.8. The van der Waals surface area contributed by atoms with E-state index < -0.39 is 53.0 Å². The van der Waals surface area contributed by atoms with Gasteiger partial charge >= 0.3 is 17.1 Å². The van der Waals surface area contributed by atoms with Gasteiger partial charge in [-0.1, -0.05) is 55.4 Å². The summed E-state index contributed by atoms with van der Waals surface area (Å²) in [6.45, 7) is 19.2. The summed E-state index contributed by atoms with van der Waals surface area (Å²) in [7, 11) is -5.50. The number of nitrogen functional groups attached to an aromatic ring is 2. The number of aliphatic hydroxyl groups excluding tert-OH is 2. The van der Waals surface area contributed by atoms with Crippen LogP contribution in [0.1, 0.15) is 93.5 Å². The molecule has 324 valence electrons. The van der Waals surface area contributed by atoms with Crippen molar-refractivity contribution in [1.82, 2.24) is 39.0 Å². The second-order valence-electron chi connectivity index (χ2n) is 17.7. The van der Waals surface area contributed by atoms with Crippen LogP contribution >= 0.6 is 0 Å². The van der Waals surface area contributed by atoms with Crippen LogP contribution in [0.4, 0.5) is 11.6 Å². The number of nitrogens with two attached hydrogens (primary N) is 2. The van der Waals surface area contributed by atoms with E-state index in [0.717, 1.165) is 19.3 Å². The lowest BCUT2D eigenvalue weighted by molar-refractivity contribution is -0.119. The molecule has 8 atom stereocenters. The third-order valence-corrected chi connectivity index (χ3v) is 23.3. The molecule has 5 saturated heterocycles. The summed E-state index contributed by atoms with van der Waals surface area (Å²) < 4.78 is 50.6. The Morgan fingerprint density at radius 3 is 1.71 bits per heavy atom. The number of hydrogen-bond donors (Lipinski definition) is 4. The summed E-state index contributed by atoms with van der Waals surface area (Å²) in [6.07, 6.45) is 5.91. The van der Waals surface area contributed by atoms with E-state index >= 15 is 0 Å². The van der Waals surface area contributed by atoms with Gasteiger partial charge in [-0.2, -0.15) is 0 Å². The highest BCUT2D eigenvalue weighted by molar-refractivity contribution is 6.84. The van der Waals surface area contributed by atoms with E-state index in [1.54, 1.807) is 17.2 Å². The van der Waals surface area contributed by atoms with Gasteiger partial charge < -0.3 is 53.6 Å². The second kappa shape index (κ2) is 15.9. The molecule has 0 bridgehead atoms. The molecule has 4 aromatic rings. The number of nitrogens with zero attached hydrogens (tertiary/aromatic N) is 8. The van der Waals surface area contributed by atoms with Crippen molar-refractivity contribution in [2.24, 2.45) is 0 Å². The van der Waals surface area contributed by atoms with Crippen LogP contribution < -0.4 is 11.5 Å². The molecule has 5 aliphatic rings. The predicted octanol–water partition coefficient (Wildman–Crippen LogP) is 4.02. The molecule has 9 heterocycles. The fraction of sp³-hybridized carbons (Fsp3) is 0.737. The standard InChI is InChI=1S/C25H43N5O5Si2.C13H17N5O4/c1-15(2)36(16(3)4)32-12-19-21(34-37(35-36,17(5)6)18(7)8)25(10-9-11-31-25)24(33-19)30-14-29-20-22(26)27-13-28-23(20)30;14-10-8-11(16-5-15-10)18(6-17-8)12-13(2-1-3-21-13)9(20)7(4-19)22-12/h13-19,21,24H,9-12H2,1-8H3,(H2,26,27,28);5-7,9,12,19-20H,1-4H2,(H2,14,15,16)/t19-,21-,24-,25+;7-,9-,12-,13+/m11/s1. The van der Waals surface area contributed by atoms with E-state index in [2.05, 4.69) is 85.3 Å². The fourth-order valence-corrected chi connectivity index (χ4v) is 21.3. The minimum absolute atomic E-state index is 0.221. The highest BCUT2D eigenvalue weighted by atomic mass is 28.5. The SMILES string of the molecule is CC(C)[Si]1(C(C)C)OC[C@H]2O[C@@H](n3cnc4c(N)ncnc43)[C@]3(CCCO3)[C@@H]2O[Si](C(C)C)(C(C)C)O1.Nc1ncnc2c1ncn2[C@@H]1O[C@H](CO)[C@@H](O)[C@@]12CCCO2. The van der Waals surface area contributed by atoms with Gasteiger partial charge in [0.15, 0.2) is 35.4 Å². The maximum absolute atomic E-state index is 10.5. The van der Waals surface area contributed by atoms with Crippen LogP contribution in [0, 0.1) is 0 Å². The Balaban J connectivity index is 0.000000186.